The third kappa shape index (κ3) is 7.82. The molecule has 1 aromatic carbocycles. The molecular weight excluding hydrogens is 521 g/mol. The fourth-order valence-corrected chi connectivity index (χ4v) is 6.12. The summed E-state index contributed by atoms with van der Waals surface area (Å²) in [7, 11) is 1.61. The van der Waals surface area contributed by atoms with Crippen molar-refractivity contribution in [2.45, 2.75) is 51.7 Å². The molecule has 1 N–H and O–H groups in total. The van der Waals surface area contributed by atoms with Gasteiger partial charge in [-0.25, -0.2) is 4.98 Å². The second-order valence-corrected chi connectivity index (χ2v) is 11.7. The molecule has 2 saturated heterocycles. The van der Waals surface area contributed by atoms with Gasteiger partial charge in [-0.1, -0.05) is 49.2 Å². The van der Waals surface area contributed by atoms with Crippen molar-refractivity contribution in [1.82, 2.24) is 20.1 Å². The van der Waals surface area contributed by atoms with Crippen LogP contribution in [0.5, 0.6) is 0 Å². The summed E-state index contributed by atoms with van der Waals surface area (Å²) in [5.41, 5.74) is 1.79. The van der Waals surface area contributed by atoms with E-state index in [0.29, 0.717) is 41.7 Å². The minimum absolute atomic E-state index is 0.187. The summed E-state index contributed by atoms with van der Waals surface area (Å²) in [5.74, 6) is 1.19. The van der Waals surface area contributed by atoms with Crippen molar-refractivity contribution in [2.75, 3.05) is 57.9 Å². The number of nitrogens with zero attached hydrogens (tertiary/aromatic N) is 4. The molecule has 2 fully saturated rings. The van der Waals surface area contributed by atoms with Crippen LogP contribution in [0, 0.1) is 5.92 Å². The third-order valence-electron chi connectivity index (χ3n) is 7.59. The quantitative estimate of drug-likeness (QED) is 0.413. The number of carbonyl (C=O) groups is 1. The maximum absolute atomic E-state index is 12.4. The van der Waals surface area contributed by atoms with Gasteiger partial charge in [-0.05, 0) is 62.0 Å². The van der Waals surface area contributed by atoms with Gasteiger partial charge >= 0.3 is 0 Å². The summed E-state index contributed by atoms with van der Waals surface area (Å²) in [6.07, 6.45) is 5.14. The third-order valence-corrected chi connectivity index (χ3v) is 8.12. The van der Waals surface area contributed by atoms with E-state index in [1.54, 1.807) is 19.4 Å². The predicted octanol–water partition coefficient (Wildman–Crippen LogP) is 4.97. The van der Waals surface area contributed by atoms with Crippen molar-refractivity contribution >= 4 is 34.9 Å². The van der Waals surface area contributed by atoms with Crippen molar-refractivity contribution < 1.29 is 9.53 Å². The number of piperidine rings is 1. The monoisotopic (exact) mass is 561 g/mol. The number of amides is 1. The van der Waals surface area contributed by atoms with E-state index in [0.717, 1.165) is 56.5 Å². The molecule has 0 saturated carbocycles. The van der Waals surface area contributed by atoms with Crippen LogP contribution >= 0.6 is 23.2 Å². The van der Waals surface area contributed by atoms with Crippen LogP contribution in [-0.2, 0) is 11.3 Å². The van der Waals surface area contributed by atoms with Gasteiger partial charge in [0, 0.05) is 63.1 Å². The van der Waals surface area contributed by atoms with Gasteiger partial charge < -0.3 is 15.0 Å². The SMILES string of the molecule is COCCNC(=O)c1cnc(N2CCN(C3CCN(Cc4ccc(Cl)cc4)CC3)[C@@H](CC(C)C)C2)c(Cl)c1. The highest BCUT2D eigenvalue weighted by atomic mass is 35.5. The average Bonchev–Trinajstić information content (AvgIpc) is 2.90. The van der Waals surface area contributed by atoms with Crippen LogP contribution in [0.1, 0.15) is 49.0 Å². The Morgan fingerprint density at radius 2 is 1.87 bits per heavy atom. The number of piperazine rings is 1. The molecule has 1 atom stereocenters. The Labute approximate surface area is 237 Å². The van der Waals surface area contributed by atoms with Gasteiger partial charge in [-0.15, -0.1) is 0 Å². The van der Waals surface area contributed by atoms with E-state index in [1.165, 1.54) is 18.4 Å². The summed E-state index contributed by atoms with van der Waals surface area (Å²) >= 11 is 12.7. The lowest BCUT2D eigenvalue weighted by atomic mass is 9.94. The van der Waals surface area contributed by atoms with Crippen LogP contribution in [0.25, 0.3) is 0 Å². The molecular formula is C29H41Cl2N5O2. The van der Waals surface area contributed by atoms with Gasteiger partial charge in [0.05, 0.1) is 17.2 Å². The Balaban J connectivity index is 1.36. The zero-order valence-corrected chi connectivity index (χ0v) is 24.3. The number of carbonyl (C=O) groups excluding carboxylic acids is 1. The number of ether oxygens (including phenoxy) is 1. The molecule has 1 amide bonds. The van der Waals surface area contributed by atoms with Crippen LogP contribution in [0.3, 0.4) is 0 Å². The zero-order chi connectivity index (χ0) is 27.1. The number of benzene rings is 1. The number of likely N-dealkylation sites (tertiary alicyclic amines) is 1. The lowest BCUT2D eigenvalue weighted by molar-refractivity contribution is 0.0545. The molecule has 208 valence electrons. The Kier molecular flexibility index (Phi) is 10.7. The molecule has 0 aliphatic carbocycles. The number of nitrogens with one attached hydrogen (secondary N) is 1. The standard InChI is InChI=1S/C29H41Cl2N5O2/c1-21(2)16-26-20-35(28-27(31)17-23(18-33-28)29(37)32-10-15-38-3)13-14-36(26)25-8-11-34(12-9-25)19-22-4-6-24(30)7-5-22/h4-7,17-18,21,25-26H,8-16,19-20H2,1-3H3,(H,32,37)/t26-/m0/s1. The number of hydrogen-bond acceptors (Lipinski definition) is 6. The number of hydrogen-bond donors (Lipinski definition) is 1. The van der Waals surface area contributed by atoms with Crippen molar-refractivity contribution in [2.24, 2.45) is 5.92 Å². The summed E-state index contributed by atoms with van der Waals surface area (Å²) in [6, 6.07) is 11.0. The smallest absolute Gasteiger partial charge is 0.252 e. The maximum Gasteiger partial charge on any atom is 0.252 e. The molecule has 0 bridgehead atoms. The number of rotatable bonds is 10. The van der Waals surface area contributed by atoms with Gasteiger partial charge in [-0.2, -0.15) is 0 Å². The second kappa shape index (κ2) is 13.9. The fourth-order valence-electron chi connectivity index (χ4n) is 5.71. The number of anilines is 1. The second-order valence-electron chi connectivity index (χ2n) is 10.9. The molecule has 3 heterocycles. The number of aromatic nitrogens is 1. The van der Waals surface area contributed by atoms with E-state index in [4.69, 9.17) is 27.9 Å². The molecule has 2 aliphatic rings. The van der Waals surface area contributed by atoms with Crippen molar-refractivity contribution in [3.8, 4) is 0 Å². The van der Waals surface area contributed by atoms with Crippen LogP contribution in [0.4, 0.5) is 5.82 Å². The van der Waals surface area contributed by atoms with E-state index < -0.39 is 0 Å². The molecule has 1 aromatic heterocycles. The molecule has 9 heteroatoms. The summed E-state index contributed by atoms with van der Waals surface area (Å²) in [6.45, 7) is 11.5. The Morgan fingerprint density at radius 3 is 2.53 bits per heavy atom. The molecule has 0 unspecified atom stereocenters. The first-order valence-electron chi connectivity index (χ1n) is 13.7. The van der Waals surface area contributed by atoms with E-state index in [9.17, 15) is 4.79 Å². The average molecular weight is 563 g/mol. The summed E-state index contributed by atoms with van der Waals surface area (Å²) in [4.78, 5) is 24.6. The summed E-state index contributed by atoms with van der Waals surface area (Å²) in [5, 5.41) is 4.14. The molecule has 0 radical (unpaired) electrons. The molecule has 7 nitrogen and oxygen atoms in total. The Hall–Kier alpha value is -1.90. The Bertz CT molecular complexity index is 1040. The highest BCUT2D eigenvalue weighted by molar-refractivity contribution is 6.33. The molecule has 0 spiro atoms. The first-order chi connectivity index (χ1) is 18.3. The van der Waals surface area contributed by atoms with E-state index in [2.05, 4.69) is 51.0 Å². The highest BCUT2D eigenvalue weighted by Crippen LogP contribution is 2.31. The predicted molar refractivity (Wildman–Crippen MR) is 155 cm³/mol. The number of pyridine rings is 1. The Morgan fingerprint density at radius 1 is 1.13 bits per heavy atom. The normalized spacial score (nSPS) is 19.7. The van der Waals surface area contributed by atoms with Crippen LogP contribution < -0.4 is 10.2 Å². The fraction of sp³-hybridized carbons (Fsp3) is 0.586. The maximum atomic E-state index is 12.4. The highest BCUT2D eigenvalue weighted by Gasteiger charge is 2.35. The number of halogens is 2. The topological polar surface area (TPSA) is 60.9 Å². The van der Waals surface area contributed by atoms with Gasteiger partial charge in [0.2, 0.25) is 0 Å². The van der Waals surface area contributed by atoms with Crippen LogP contribution in [0.15, 0.2) is 36.5 Å². The zero-order valence-electron chi connectivity index (χ0n) is 22.8. The number of methoxy groups -OCH3 is 1. The molecule has 2 aromatic rings. The van der Waals surface area contributed by atoms with Crippen molar-refractivity contribution in [3.05, 3.63) is 57.7 Å². The molecule has 38 heavy (non-hydrogen) atoms. The lowest BCUT2D eigenvalue weighted by Gasteiger charge is -2.48. The van der Waals surface area contributed by atoms with E-state index in [1.807, 2.05) is 12.1 Å². The van der Waals surface area contributed by atoms with Gasteiger partial charge in [-0.3, -0.25) is 14.6 Å². The van der Waals surface area contributed by atoms with Crippen molar-refractivity contribution in [1.29, 1.82) is 0 Å². The van der Waals surface area contributed by atoms with E-state index >= 15 is 0 Å². The first-order valence-corrected chi connectivity index (χ1v) is 14.5. The van der Waals surface area contributed by atoms with Crippen LogP contribution in [0.2, 0.25) is 10.0 Å². The minimum Gasteiger partial charge on any atom is -0.383 e. The van der Waals surface area contributed by atoms with Crippen molar-refractivity contribution in [3.63, 3.8) is 0 Å². The van der Waals surface area contributed by atoms with E-state index in [-0.39, 0.29) is 5.91 Å². The largest absolute Gasteiger partial charge is 0.383 e. The van der Waals surface area contributed by atoms with Gasteiger partial charge in [0.1, 0.15) is 5.82 Å². The first kappa shape index (κ1) is 29.1. The van der Waals surface area contributed by atoms with Crippen LogP contribution in [-0.4, -0.2) is 85.8 Å². The van der Waals surface area contributed by atoms with Gasteiger partial charge in [0.15, 0.2) is 0 Å². The summed E-state index contributed by atoms with van der Waals surface area (Å²) < 4.78 is 5.00. The minimum atomic E-state index is -0.187. The lowest BCUT2D eigenvalue weighted by Crippen LogP contribution is -2.59. The molecule has 4 rings (SSSR count). The van der Waals surface area contributed by atoms with Gasteiger partial charge in [0.25, 0.3) is 5.91 Å². The molecule has 2 aliphatic heterocycles.